The molecule has 0 saturated heterocycles. The SMILES string of the molecule is Cc1nc(N)c2c(n1)CN=C2I. The number of aromatic nitrogens is 2. The largest absolute Gasteiger partial charge is 0.383 e. The van der Waals surface area contributed by atoms with E-state index in [9.17, 15) is 0 Å². The molecule has 0 atom stereocenters. The van der Waals surface area contributed by atoms with Crippen LogP contribution in [0.4, 0.5) is 5.82 Å². The number of nitrogen functional groups attached to an aromatic ring is 1. The van der Waals surface area contributed by atoms with Gasteiger partial charge in [-0.3, -0.25) is 4.99 Å². The third-order valence-corrected chi connectivity index (χ3v) is 2.58. The number of fused-ring (bicyclic) bond motifs is 1. The highest BCUT2D eigenvalue weighted by Crippen LogP contribution is 2.24. The molecule has 0 bridgehead atoms. The molecule has 1 aromatic rings. The van der Waals surface area contributed by atoms with Crippen molar-refractivity contribution in [1.82, 2.24) is 9.97 Å². The van der Waals surface area contributed by atoms with Crippen molar-refractivity contribution in [2.75, 3.05) is 5.73 Å². The Labute approximate surface area is 83.5 Å². The molecule has 62 valence electrons. The van der Waals surface area contributed by atoms with Crippen LogP contribution in [0, 0.1) is 6.92 Å². The zero-order chi connectivity index (χ0) is 8.72. The van der Waals surface area contributed by atoms with Crippen LogP contribution < -0.4 is 5.73 Å². The maximum Gasteiger partial charge on any atom is 0.137 e. The van der Waals surface area contributed by atoms with Gasteiger partial charge in [0.2, 0.25) is 0 Å². The minimum Gasteiger partial charge on any atom is -0.383 e. The van der Waals surface area contributed by atoms with Crippen molar-refractivity contribution in [3.63, 3.8) is 0 Å². The average molecular weight is 274 g/mol. The van der Waals surface area contributed by atoms with Gasteiger partial charge in [-0.15, -0.1) is 0 Å². The summed E-state index contributed by atoms with van der Waals surface area (Å²) in [4.78, 5) is 12.6. The van der Waals surface area contributed by atoms with Gasteiger partial charge in [-0.2, -0.15) is 0 Å². The Balaban J connectivity index is 2.67. The number of halogens is 1. The summed E-state index contributed by atoms with van der Waals surface area (Å²) < 4.78 is 0.917. The van der Waals surface area contributed by atoms with Gasteiger partial charge < -0.3 is 5.73 Å². The summed E-state index contributed by atoms with van der Waals surface area (Å²) in [6.45, 7) is 2.48. The molecule has 2 heterocycles. The summed E-state index contributed by atoms with van der Waals surface area (Å²) in [5.74, 6) is 1.26. The number of nitrogens with zero attached hydrogens (tertiary/aromatic N) is 3. The van der Waals surface area contributed by atoms with Gasteiger partial charge in [0.15, 0.2) is 0 Å². The predicted molar refractivity (Wildman–Crippen MR) is 55.4 cm³/mol. The predicted octanol–water partition coefficient (Wildman–Crippen LogP) is 1.06. The molecule has 1 aliphatic heterocycles. The molecule has 0 unspecified atom stereocenters. The molecule has 2 rings (SSSR count). The zero-order valence-electron chi connectivity index (χ0n) is 6.50. The molecule has 0 amide bonds. The van der Waals surface area contributed by atoms with Crippen molar-refractivity contribution in [2.45, 2.75) is 13.5 Å². The normalized spacial score (nSPS) is 14.3. The second kappa shape index (κ2) is 2.65. The number of anilines is 1. The summed E-state index contributed by atoms with van der Waals surface area (Å²) in [6.07, 6.45) is 0. The van der Waals surface area contributed by atoms with Crippen LogP contribution in [-0.4, -0.2) is 13.7 Å². The molecule has 1 aromatic heterocycles. The minimum absolute atomic E-state index is 0.545. The van der Waals surface area contributed by atoms with E-state index in [1.165, 1.54) is 0 Å². The fraction of sp³-hybridized carbons (Fsp3) is 0.286. The molecule has 5 heteroatoms. The first-order valence-corrected chi connectivity index (χ1v) is 4.59. The Bertz CT molecular complexity index is 372. The lowest BCUT2D eigenvalue weighted by molar-refractivity contribution is 0.953. The van der Waals surface area contributed by atoms with E-state index in [1.807, 2.05) is 6.92 Å². The lowest BCUT2D eigenvalue weighted by Gasteiger charge is -2.02. The standard InChI is InChI=1S/C7H7IN4/c1-3-11-4-2-10-6(8)5(4)7(9)12-3/h2H2,1H3,(H2,9,11,12). The first-order chi connectivity index (χ1) is 5.68. The number of aliphatic imine (C=N–C) groups is 1. The van der Waals surface area contributed by atoms with Gasteiger partial charge in [-0.25, -0.2) is 9.97 Å². The summed E-state index contributed by atoms with van der Waals surface area (Å²) in [5.41, 5.74) is 7.59. The molecule has 0 spiro atoms. The topological polar surface area (TPSA) is 64.2 Å². The summed E-state index contributed by atoms with van der Waals surface area (Å²) in [7, 11) is 0. The highest BCUT2D eigenvalue weighted by atomic mass is 127. The lowest BCUT2D eigenvalue weighted by atomic mass is 10.2. The Morgan fingerprint density at radius 2 is 2.17 bits per heavy atom. The van der Waals surface area contributed by atoms with Crippen molar-refractivity contribution in [3.05, 3.63) is 17.1 Å². The lowest BCUT2D eigenvalue weighted by Crippen LogP contribution is -2.05. The molecule has 0 aromatic carbocycles. The molecular formula is C7H7IN4. The number of hydrogen-bond acceptors (Lipinski definition) is 4. The van der Waals surface area contributed by atoms with Gasteiger partial charge in [0.1, 0.15) is 15.4 Å². The highest BCUT2D eigenvalue weighted by Gasteiger charge is 2.19. The third-order valence-electron chi connectivity index (χ3n) is 1.70. The van der Waals surface area contributed by atoms with Gasteiger partial charge in [0, 0.05) is 0 Å². The molecule has 0 radical (unpaired) electrons. The molecule has 0 saturated carbocycles. The van der Waals surface area contributed by atoms with Crippen molar-refractivity contribution in [2.24, 2.45) is 4.99 Å². The maximum absolute atomic E-state index is 5.73. The van der Waals surface area contributed by atoms with E-state index in [0.29, 0.717) is 18.2 Å². The van der Waals surface area contributed by atoms with Crippen molar-refractivity contribution >= 4 is 32.1 Å². The van der Waals surface area contributed by atoms with Gasteiger partial charge in [0.25, 0.3) is 0 Å². The van der Waals surface area contributed by atoms with Crippen LogP contribution in [0.1, 0.15) is 17.1 Å². The summed E-state index contributed by atoms with van der Waals surface area (Å²) in [5, 5.41) is 0. The van der Waals surface area contributed by atoms with E-state index >= 15 is 0 Å². The summed E-state index contributed by atoms with van der Waals surface area (Å²) in [6, 6.07) is 0. The molecule has 1 aliphatic rings. The molecule has 2 N–H and O–H groups in total. The van der Waals surface area contributed by atoms with E-state index < -0.39 is 0 Å². The van der Waals surface area contributed by atoms with Crippen LogP contribution in [-0.2, 0) is 6.54 Å². The fourth-order valence-corrected chi connectivity index (χ4v) is 1.97. The van der Waals surface area contributed by atoms with Crippen molar-refractivity contribution in [3.8, 4) is 0 Å². The highest BCUT2D eigenvalue weighted by molar-refractivity contribution is 14.1. The Morgan fingerprint density at radius 1 is 1.42 bits per heavy atom. The van der Waals surface area contributed by atoms with Gasteiger partial charge in [-0.1, -0.05) is 0 Å². The smallest absolute Gasteiger partial charge is 0.137 e. The average Bonchev–Trinajstić information content (AvgIpc) is 2.31. The Kier molecular flexibility index (Phi) is 1.75. The number of aryl methyl sites for hydroxylation is 1. The maximum atomic E-state index is 5.73. The van der Waals surface area contributed by atoms with E-state index in [4.69, 9.17) is 5.73 Å². The number of nitrogens with two attached hydrogens (primary N) is 1. The van der Waals surface area contributed by atoms with Crippen molar-refractivity contribution < 1.29 is 0 Å². The Hall–Kier alpha value is -0.720. The zero-order valence-corrected chi connectivity index (χ0v) is 8.66. The van der Waals surface area contributed by atoms with Crippen LogP contribution in [0.15, 0.2) is 4.99 Å². The molecule has 0 fully saturated rings. The summed E-state index contributed by atoms with van der Waals surface area (Å²) >= 11 is 2.15. The fourth-order valence-electron chi connectivity index (χ4n) is 1.22. The van der Waals surface area contributed by atoms with Crippen LogP contribution in [0.25, 0.3) is 0 Å². The van der Waals surface area contributed by atoms with E-state index in [2.05, 4.69) is 37.6 Å². The van der Waals surface area contributed by atoms with Crippen LogP contribution >= 0.6 is 22.6 Å². The van der Waals surface area contributed by atoms with Gasteiger partial charge in [-0.05, 0) is 29.5 Å². The molecule has 4 nitrogen and oxygen atoms in total. The number of hydrogen-bond donors (Lipinski definition) is 1. The quantitative estimate of drug-likeness (QED) is 0.719. The van der Waals surface area contributed by atoms with E-state index in [-0.39, 0.29) is 0 Å². The monoisotopic (exact) mass is 274 g/mol. The first kappa shape index (κ1) is 7.90. The van der Waals surface area contributed by atoms with Crippen LogP contribution in [0.2, 0.25) is 0 Å². The van der Waals surface area contributed by atoms with Crippen molar-refractivity contribution in [1.29, 1.82) is 0 Å². The minimum atomic E-state index is 0.545. The third kappa shape index (κ3) is 1.08. The van der Waals surface area contributed by atoms with Crippen LogP contribution in [0.5, 0.6) is 0 Å². The van der Waals surface area contributed by atoms with Gasteiger partial charge in [0.05, 0.1) is 17.8 Å². The molecular weight excluding hydrogens is 267 g/mol. The second-order valence-corrected chi connectivity index (χ2v) is 3.61. The van der Waals surface area contributed by atoms with Crippen LogP contribution in [0.3, 0.4) is 0 Å². The van der Waals surface area contributed by atoms with E-state index in [0.717, 1.165) is 15.0 Å². The number of rotatable bonds is 0. The second-order valence-electron chi connectivity index (χ2n) is 2.58. The van der Waals surface area contributed by atoms with Gasteiger partial charge >= 0.3 is 0 Å². The first-order valence-electron chi connectivity index (χ1n) is 3.52. The molecule has 12 heavy (non-hydrogen) atoms. The Morgan fingerprint density at radius 3 is 2.92 bits per heavy atom. The van der Waals surface area contributed by atoms with E-state index in [1.54, 1.807) is 0 Å². The molecule has 0 aliphatic carbocycles.